The second kappa shape index (κ2) is 5.99. The number of halogens is 1. The molecule has 2 aliphatic rings. The van der Waals surface area contributed by atoms with Crippen molar-refractivity contribution in [3.05, 3.63) is 29.6 Å². The molecule has 2 heterocycles. The first-order valence-electron chi connectivity index (χ1n) is 7.23. The van der Waals surface area contributed by atoms with Crippen molar-refractivity contribution in [1.29, 1.82) is 0 Å². The van der Waals surface area contributed by atoms with E-state index in [1.807, 2.05) is 6.92 Å². The predicted molar refractivity (Wildman–Crippen MR) is 74.6 cm³/mol. The van der Waals surface area contributed by atoms with Crippen molar-refractivity contribution >= 4 is 5.91 Å². The predicted octanol–water partition coefficient (Wildman–Crippen LogP) is 1.14. The molecule has 5 nitrogen and oxygen atoms in total. The molecule has 0 spiro atoms. The van der Waals surface area contributed by atoms with Gasteiger partial charge in [-0.3, -0.25) is 4.79 Å². The lowest BCUT2D eigenvalue weighted by Gasteiger charge is -2.32. The molecule has 0 aliphatic carbocycles. The molecule has 0 unspecified atom stereocenters. The minimum Gasteiger partial charge on any atom is -0.490 e. The van der Waals surface area contributed by atoms with Gasteiger partial charge in [0.05, 0.1) is 25.4 Å². The van der Waals surface area contributed by atoms with E-state index in [0.717, 1.165) is 0 Å². The highest BCUT2D eigenvalue weighted by Crippen LogP contribution is 2.34. The number of benzene rings is 1. The second-order valence-electron chi connectivity index (χ2n) is 5.36. The molecule has 1 aromatic rings. The van der Waals surface area contributed by atoms with Gasteiger partial charge in [0.1, 0.15) is 6.04 Å². The van der Waals surface area contributed by atoms with Gasteiger partial charge in [-0.1, -0.05) is 12.1 Å². The van der Waals surface area contributed by atoms with Crippen LogP contribution in [0.2, 0.25) is 0 Å². The van der Waals surface area contributed by atoms with Crippen molar-refractivity contribution in [1.82, 2.24) is 10.6 Å². The summed E-state index contributed by atoms with van der Waals surface area (Å²) in [6, 6.07) is 4.18. The van der Waals surface area contributed by atoms with Crippen LogP contribution in [-0.4, -0.2) is 37.8 Å². The van der Waals surface area contributed by atoms with E-state index in [2.05, 4.69) is 10.6 Å². The van der Waals surface area contributed by atoms with Gasteiger partial charge >= 0.3 is 0 Å². The summed E-state index contributed by atoms with van der Waals surface area (Å²) in [4.78, 5) is 12.4. The first-order valence-corrected chi connectivity index (χ1v) is 7.23. The van der Waals surface area contributed by atoms with E-state index in [1.54, 1.807) is 12.1 Å². The maximum Gasteiger partial charge on any atom is 0.240 e. The van der Waals surface area contributed by atoms with Crippen LogP contribution in [0, 0.1) is 5.82 Å². The van der Waals surface area contributed by atoms with E-state index >= 15 is 0 Å². The van der Waals surface area contributed by atoms with Crippen LogP contribution in [0.5, 0.6) is 5.75 Å². The number of para-hydroxylation sites is 1. The number of hydrogen-bond acceptors (Lipinski definition) is 4. The third-order valence-electron chi connectivity index (χ3n) is 3.94. The molecule has 1 fully saturated rings. The van der Waals surface area contributed by atoms with E-state index in [0.29, 0.717) is 31.7 Å². The van der Waals surface area contributed by atoms with Crippen molar-refractivity contribution in [2.75, 3.05) is 19.8 Å². The normalized spacial score (nSPS) is 28.4. The molecule has 114 valence electrons. The van der Waals surface area contributed by atoms with Gasteiger partial charge in [-0.15, -0.1) is 0 Å². The maximum atomic E-state index is 13.7. The summed E-state index contributed by atoms with van der Waals surface area (Å²) in [6.07, 6.45) is 0.454. The summed E-state index contributed by atoms with van der Waals surface area (Å²) in [6.45, 7) is 3.52. The fraction of sp³-hybridized carbons (Fsp3) is 0.533. The van der Waals surface area contributed by atoms with E-state index in [1.165, 1.54) is 6.07 Å². The van der Waals surface area contributed by atoms with Gasteiger partial charge in [-0.2, -0.15) is 0 Å². The molecule has 1 aromatic carbocycles. The first-order chi connectivity index (χ1) is 10.2. The van der Waals surface area contributed by atoms with Gasteiger partial charge in [0, 0.05) is 18.5 Å². The summed E-state index contributed by atoms with van der Waals surface area (Å²) in [5, 5.41) is 6.13. The average Bonchev–Trinajstić information content (AvgIpc) is 2.49. The van der Waals surface area contributed by atoms with Gasteiger partial charge in [0.25, 0.3) is 0 Å². The number of nitrogens with one attached hydrogen (secondary N) is 2. The molecule has 6 heteroatoms. The Hall–Kier alpha value is -1.66. The van der Waals surface area contributed by atoms with Crippen molar-refractivity contribution in [2.24, 2.45) is 0 Å². The van der Waals surface area contributed by atoms with Crippen molar-refractivity contribution in [3.8, 4) is 5.75 Å². The number of ether oxygens (including phenoxy) is 2. The van der Waals surface area contributed by atoms with E-state index < -0.39 is 0 Å². The third-order valence-corrected chi connectivity index (χ3v) is 3.94. The number of amides is 1. The minimum atomic E-state index is -0.390. The smallest absolute Gasteiger partial charge is 0.240 e. The minimum absolute atomic E-state index is 0.121. The van der Waals surface area contributed by atoms with Gasteiger partial charge in [-0.25, -0.2) is 4.39 Å². The zero-order chi connectivity index (χ0) is 14.8. The van der Waals surface area contributed by atoms with Gasteiger partial charge in [0.15, 0.2) is 11.6 Å². The summed E-state index contributed by atoms with van der Waals surface area (Å²) in [5.41, 5.74) is 0.694. The second-order valence-corrected chi connectivity index (χ2v) is 5.36. The molecule has 1 amide bonds. The van der Waals surface area contributed by atoms with Crippen LogP contribution in [0.25, 0.3) is 0 Å². The fourth-order valence-corrected chi connectivity index (χ4v) is 2.83. The van der Waals surface area contributed by atoms with E-state index in [-0.39, 0.29) is 35.7 Å². The third kappa shape index (κ3) is 2.87. The lowest BCUT2D eigenvalue weighted by atomic mass is 9.99. The molecule has 0 saturated carbocycles. The Bertz CT molecular complexity index is 538. The molecule has 0 aromatic heterocycles. The average molecular weight is 294 g/mol. The van der Waals surface area contributed by atoms with Crippen LogP contribution >= 0.6 is 0 Å². The van der Waals surface area contributed by atoms with E-state index in [4.69, 9.17) is 9.47 Å². The largest absolute Gasteiger partial charge is 0.490 e. The highest BCUT2D eigenvalue weighted by molar-refractivity contribution is 5.83. The summed E-state index contributed by atoms with van der Waals surface area (Å²) >= 11 is 0. The molecule has 0 radical (unpaired) electrons. The number of rotatable bonds is 2. The Kier molecular flexibility index (Phi) is 4.07. The molecule has 2 N–H and O–H groups in total. The monoisotopic (exact) mass is 294 g/mol. The lowest BCUT2D eigenvalue weighted by Crippen LogP contribution is -2.56. The zero-order valence-corrected chi connectivity index (χ0v) is 11.9. The lowest BCUT2D eigenvalue weighted by molar-refractivity contribution is -0.129. The molecule has 3 rings (SSSR count). The number of morpholine rings is 1. The Morgan fingerprint density at radius 3 is 3.10 bits per heavy atom. The Labute approximate surface area is 122 Å². The van der Waals surface area contributed by atoms with Gasteiger partial charge in [0.2, 0.25) is 5.91 Å². The standard InChI is InChI=1S/C15H19FN2O3/c1-9-13(17-6-8-20-9)15(19)18-12-5-7-21-14-10(12)3-2-4-11(14)16/h2-4,9,12-13,17H,5-8H2,1H3,(H,18,19)/t9-,12-,13+/m1/s1. The molecular weight excluding hydrogens is 275 g/mol. The number of carbonyl (C=O) groups excluding carboxylic acids is 1. The van der Waals surface area contributed by atoms with Gasteiger partial charge in [-0.05, 0) is 13.0 Å². The van der Waals surface area contributed by atoms with Crippen molar-refractivity contribution in [2.45, 2.75) is 31.5 Å². The summed E-state index contributed by atoms with van der Waals surface area (Å²) in [7, 11) is 0. The van der Waals surface area contributed by atoms with Crippen LogP contribution in [-0.2, 0) is 9.53 Å². The molecule has 3 atom stereocenters. The van der Waals surface area contributed by atoms with Crippen molar-refractivity contribution in [3.63, 3.8) is 0 Å². The fourth-order valence-electron chi connectivity index (χ4n) is 2.83. The highest BCUT2D eigenvalue weighted by atomic mass is 19.1. The van der Waals surface area contributed by atoms with Crippen LogP contribution in [0.1, 0.15) is 24.9 Å². The maximum absolute atomic E-state index is 13.7. The topological polar surface area (TPSA) is 59.6 Å². The quantitative estimate of drug-likeness (QED) is 0.859. The number of hydrogen-bond donors (Lipinski definition) is 2. The highest BCUT2D eigenvalue weighted by Gasteiger charge is 2.32. The molecule has 21 heavy (non-hydrogen) atoms. The Balaban J connectivity index is 1.74. The Morgan fingerprint density at radius 1 is 1.43 bits per heavy atom. The molecular formula is C15H19FN2O3. The molecule has 2 aliphatic heterocycles. The van der Waals surface area contributed by atoms with Crippen LogP contribution in [0.4, 0.5) is 4.39 Å². The molecule has 0 bridgehead atoms. The zero-order valence-electron chi connectivity index (χ0n) is 11.9. The van der Waals surface area contributed by atoms with E-state index in [9.17, 15) is 9.18 Å². The van der Waals surface area contributed by atoms with Crippen molar-refractivity contribution < 1.29 is 18.7 Å². The summed E-state index contributed by atoms with van der Waals surface area (Å²) < 4.78 is 24.6. The Morgan fingerprint density at radius 2 is 2.29 bits per heavy atom. The number of carbonyl (C=O) groups is 1. The van der Waals surface area contributed by atoms with Crippen LogP contribution < -0.4 is 15.4 Å². The SMILES string of the molecule is C[C@H]1OCCN[C@@H]1C(=O)N[C@@H]1CCOc2c(F)cccc21. The first kappa shape index (κ1) is 14.3. The summed E-state index contributed by atoms with van der Waals surface area (Å²) in [5.74, 6) is -0.266. The van der Waals surface area contributed by atoms with Crippen LogP contribution in [0.15, 0.2) is 18.2 Å². The van der Waals surface area contributed by atoms with Crippen LogP contribution in [0.3, 0.4) is 0 Å². The van der Waals surface area contributed by atoms with Gasteiger partial charge < -0.3 is 20.1 Å². The number of fused-ring (bicyclic) bond motifs is 1. The molecule has 1 saturated heterocycles.